The van der Waals surface area contributed by atoms with Gasteiger partial charge in [0.1, 0.15) is 5.69 Å². The second kappa shape index (κ2) is 9.25. The number of nitrogens with zero attached hydrogens (tertiary/aromatic N) is 2. The van der Waals surface area contributed by atoms with E-state index in [-0.39, 0.29) is 5.91 Å². The predicted molar refractivity (Wildman–Crippen MR) is 98.8 cm³/mol. The largest absolute Gasteiger partial charge is 0.384 e. The number of benzene rings is 1. The predicted octanol–water partition coefficient (Wildman–Crippen LogP) is 2.68. The maximum atomic E-state index is 12.2. The Balaban J connectivity index is 1.83. The average molecular weight is 347 g/mol. The zero-order valence-electron chi connectivity index (χ0n) is 14.1. The van der Waals surface area contributed by atoms with Crippen molar-refractivity contribution in [3.8, 4) is 0 Å². The topological polar surface area (TPSA) is 57.3 Å². The lowest BCUT2D eigenvalue weighted by molar-refractivity contribution is 0.0949. The van der Waals surface area contributed by atoms with Gasteiger partial charge in [-0.05, 0) is 50.3 Å². The number of amides is 1. The number of pyridine rings is 1. The van der Waals surface area contributed by atoms with E-state index in [1.54, 1.807) is 12.3 Å². The van der Waals surface area contributed by atoms with Crippen LogP contribution in [-0.2, 0) is 6.42 Å². The molecular formula is C18H23ClN4O. The summed E-state index contributed by atoms with van der Waals surface area (Å²) in [4.78, 5) is 18.4. The van der Waals surface area contributed by atoms with Crippen LogP contribution in [0.5, 0.6) is 0 Å². The molecule has 0 atom stereocenters. The Morgan fingerprint density at radius 3 is 2.79 bits per heavy atom. The first kappa shape index (κ1) is 18.2. The van der Waals surface area contributed by atoms with E-state index in [9.17, 15) is 4.79 Å². The molecule has 0 unspecified atom stereocenters. The highest BCUT2D eigenvalue weighted by Crippen LogP contribution is 2.11. The molecule has 2 aromatic rings. The first-order chi connectivity index (χ1) is 11.5. The summed E-state index contributed by atoms with van der Waals surface area (Å²) in [6, 6.07) is 11.3. The number of halogens is 1. The average Bonchev–Trinajstić information content (AvgIpc) is 2.55. The Morgan fingerprint density at radius 1 is 1.21 bits per heavy atom. The molecule has 1 heterocycles. The van der Waals surface area contributed by atoms with Gasteiger partial charge >= 0.3 is 0 Å². The third-order valence-corrected chi connectivity index (χ3v) is 3.70. The lowest BCUT2D eigenvalue weighted by atomic mass is 10.1. The fourth-order valence-corrected chi connectivity index (χ4v) is 2.40. The van der Waals surface area contributed by atoms with E-state index in [1.807, 2.05) is 44.4 Å². The van der Waals surface area contributed by atoms with Crippen LogP contribution in [-0.4, -0.2) is 49.5 Å². The summed E-state index contributed by atoms with van der Waals surface area (Å²) in [7, 11) is 4.04. The van der Waals surface area contributed by atoms with Gasteiger partial charge in [0.05, 0.1) is 0 Å². The Hall–Kier alpha value is -2.11. The lowest BCUT2D eigenvalue weighted by Crippen LogP contribution is -2.26. The zero-order valence-corrected chi connectivity index (χ0v) is 14.8. The van der Waals surface area contributed by atoms with Crippen LogP contribution in [0.1, 0.15) is 16.1 Å². The van der Waals surface area contributed by atoms with E-state index in [0.717, 1.165) is 30.8 Å². The monoisotopic (exact) mass is 346 g/mol. The Bertz CT molecular complexity index is 676. The third-order valence-electron chi connectivity index (χ3n) is 3.47. The molecule has 0 saturated heterocycles. The van der Waals surface area contributed by atoms with Gasteiger partial charge in [0.2, 0.25) is 0 Å². The van der Waals surface area contributed by atoms with E-state index < -0.39 is 0 Å². The minimum atomic E-state index is -0.173. The maximum absolute atomic E-state index is 12.2. The van der Waals surface area contributed by atoms with Crippen molar-refractivity contribution in [2.24, 2.45) is 0 Å². The van der Waals surface area contributed by atoms with Crippen molar-refractivity contribution in [1.82, 2.24) is 15.2 Å². The molecule has 5 nitrogen and oxygen atoms in total. The van der Waals surface area contributed by atoms with Gasteiger partial charge in [-0.25, -0.2) is 0 Å². The second-order valence-corrected chi connectivity index (χ2v) is 6.23. The summed E-state index contributed by atoms with van der Waals surface area (Å²) in [5, 5.41) is 6.88. The third kappa shape index (κ3) is 6.18. The van der Waals surface area contributed by atoms with Crippen molar-refractivity contribution in [3.63, 3.8) is 0 Å². The summed E-state index contributed by atoms with van der Waals surface area (Å²) in [6.07, 6.45) is 2.37. The quantitative estimate of drug-likeness (QED) is 0.771. The van der Waals surface area contributed by atoms with E-state index in [4.69, 9.17) is 11.6 Å². The number of hydrogen-bond acceptors (Lipinski definition) is 4. The van der Waals surface area contributed by atoms with Crippen molar-refractivity contribution in [1.29, 1.82) is 0 Å². The molecule has 2 rings (SSSR count). The highest BCUT2D eigenvalue weighted by atomic mass is 35.5. The van der Waals surface area contributed by atoms with E-state index in [1.165, 1.54) is 0 Å². The second-order valence-electron chi connectivity index (χ2n) is 5.80. The Morgan fingerprint density at radius 2 is 2.04 bits per heavy atom. The maximum Gasteiger partial charge on any atom is 0.269 e. The van der Waals surface area contributed by atoms with Crippen molar-refractivity contribution in [2.45, 2.75) is 6.42 Å². The molecule has 0 saturated carbocycles. The molecule has 0 bridgehead atoms. The molecule has 1 aromatic carbocycles. The molecule has 0 aliphatic carbocycles. The highest BCUT2D eigenvalue weighted by molar-refractivity contribution is 6.30. The fraction of sp³-hybridized carbons (Fsp3) is 0.333. The van der Waals surface area contributed by atoms with Crippen LogP contribution in [0.2, 0.25) is 5.02 Å². The number of rotatable bonds is 8. The minimum Gasteiger partial charge on any atom is -0.384 e. The SMILES string of the molecule is CN(C)CCNc1ccnc(C(=O)NCCc2cccc(Cl)c2)c1. The summed E-state index contributed by atoms with van der Waals surface area (Å²) < 4.78 is 0. The number of nitrogens with one attached hydrogen (secondary N) is 2. The van der Waals surface area contributed by atoms with Gasteiger partial charge < -0.3 is 15.5 Å². The molecule has 128 valence electrons. The normalized spacial score (nSPS) is 10.7. The summed E-state index contributed by atoms with van der Waals surface area (Å²) in [6.45, 7) is 2.27. The molecule has 0 radical (unpaired) electrons. The lowest BCUT2D eigenvalue weighted by Gasteiger charge is -2.12. The van der Waals surface area contributed by atoms with Crippen LogP contribution >= 0.6 is 11.6 Å². The summed E-state index contributed by atoms with van der Waals surface area (Å²) in [5.41, 5.74) is 2.40. The van der Waals surface area contributed by atoms with E-state index in [0.29, 0.717) is 17.3 Å². The number of anilines is 1. The van der Waals surface area contributed by atoms with Crippen LogP contribution in [0.3, 0.4) is 0 Å². The number of hydrogen-bond donors (Lipinski definition) is 2. The van der Waals surface area contributed by atoms with Crippen LogP contribution in [0.25, 0.3) is 0 Å². The van der Waals surface area contributed by atoms with Crippen LogP contribution in [0, 0.1) is 0 Å². The van der Waals surface area contributed by atoms with Gasteiger partial charge in [0, 0.05) is 36.5 Å². The molecule has 0 aliphatic rings. The number of carbonyl (C=O) groups is 1. The van der Waals surface area contributed by atoms with E-state index in [2.05, 4.69) is 20.5 Å². The van der Waals surface area contributed by atoms with Gasteiger partial charge in [0.25, 0.3) is 5.91 Å². The van der Waals surface area contributed by atoms with Crippen LogP contribution < -0.4 is 10.6 Å². The highest BCUT2D eigenvalue weighted by Gasteiger charge is 2.07. The molecule has 6 heteroatoms. The van der Waals surface area contributed by atoms with Gasteiger partial charge in [-0.2, -0.15) is 0 Å². The van der Waals surface area contributed by atoms with Crippen molar-refractivity contribution in [2.75, 3.05) is 39.0 Å². The minimum absolute atomic E-state index is 0.173. The van der Waals surface area contributed by atoms with Gasteiger partial charge in [-0.15, -0.1) is 0 Å². The van der Waals surface area contributed by atoms with Gasteiger partial charge in [0.15, 0.2) is 0 Å². The molecule has 0 spiro atoms. The Labute approximate surface area is 148 Å². The van der Waals surface area contributed by atoms with Gasteiger partial charge in [-0.1, -0.05) is 23.7 Å². The summed E-state index contributed by atoms with van der Waals surface area (Å²) >= 11 is 5.95. The zero-order chi connectivity index (χ0) is 17.4. The number of aromatic nitrogens is 1. The van der Waals surface area contributed by atoms with Crippen LogP contribution in [0.15, 0.2) is 42.6 Å². The Kier molecular flexibility index (Phi) is 7.03. The van der Waals surface area contributed by atoms with Crippen molar-refractivity contribution >= 4 is 23.2 Å². The standard InChI is InChI=1S/C18H23ClN4O/c1-23(2)11-10-20-16-7-9-21-17(13-16)18(24)22-8-6-14-4-3-5-15(19)12-14/h3-5,7,9,12-13H,6,8,10-11H2,1-2H3,(H,20,21)(H,22,24). The van der Waals surface area contributed by atoms with Crippen molar-refractivity contribution < 1.29 is 4.79 Å². The van der Waals surface area contributed by atoms with Crippen molar-refractivity contribution in [3.05, 3.63) is 58.9 Å². The number of likely N-dealkylation sites (N-methyl/N-ethyl adjacent to an activating group) is 1. The molecule has 24 heavy (non-hydrogen) atoms. The molecular weight excluding hydrogens is 324 g/mol. The molecule has 2 N–H and O–H groups in total. The first-order valence-electron chi connectivity index (χ1n) is 7.92. The van der Waals surface area contributed by atoms with Gasteiger partial charge in [-0.3, -0.25) is 9.78 Å². The molecule has 0 aliphatic heterocycles. The van der Waals surface area contributed by atoms with E-state index >= 15 is 0 Å². The molecule has 1 amide bonds. The molecule has 1 aromatic heterocycles. The number of carbonyl (C=O) groups excluding carboxylic acids is 1. The first-order valence-corrected chi connectivity index (χ1v) is 8.29. The fourth-order valence-electron chi connectivity index (χ4n) is 2.19. The summed E-state index contributed by atoms with van der Waals surface area (Å²) in [5.74, 6) is -0.173. The smallest absolute Gasteiger partial charge is 0.269 e. The molecule has 0 fully saturated rings. The van der Waals surface area contributed by atoms with Crippen LogP contribution in [0.4, 0.5) is 5.69 Å².